The monoisotopic (exact) mass is 329 g/mol. The molecule has 2 N–H and O–H groups in total. The van der Waals surface area contributed by atoms with E-state index in [0.717, 1.165) is 12.1 Å². The van der Waals surface area contributed by atoms with Gasteiger partial charge in [-0.05, 0) is 37.3 Å². The third kappa shape index (κ3) is 3.31. The Hall–Kier alpha value is -1.88. The van der Waals surface area contributed by atoms with Crippen molar-refractivity contribution in [1.82, 2.24) is 5.32 Å². The van der Waals surface area contributed by atoms with Gasteiger partial charge in [-0.25, -0.2) is 0 Å². The zero-order valence-electron chi connectivity index (χ0n) is 14.7. The number of para-hydroxylation sites is 2. The van der Waals surface area contributed by atoms with E-state index >= 15 is 0 Å². The summed E-state index contributed by atoms with van der Waals surface area (Å²) in [6, 6.07) is 7.52. The third-order valence-corrected chi connectivity index (χ3v) is 5.58. The van der Waals surface area contributed by atoms with Crippen LogP contribution in [0.15, 0.2) is 24.3 Å². The van der Waals surface area contributed by atoms with Crippen molar-refractivity contribution in [3.63, 3.8) is 0 Å². The van der Waals surface area contributed by atoms with E-state index in [0.29, 0.717) is 23.6 Å². The highest BCUT2D eigenvalue weighted by molar-refractivity contribution is 6.11. The summed E-state index contributed by atoms with van der Waals surface area (Å²) in [5.74, 6) is 1.06. The fourth-order valence-corrected chi connectivity index (χ4v) is 3.87. The summed E-state index contributed by atoms with van der Waals surface area (Å²) in [5, 5.41) is 6.34. The highest BCUT2D eigenvalue weighted by atomic mass is 16.2. The fraction of sp³-hybridized carbons (Fsp3) is 0.579. The number of amides is 2. The number of hydrogen-bond donors (Lipinski definition) is 2. The minimum atomic E-state index is -0.304. The molecule has 0 spiro atoms. The van der Waals surface area contributed by atoms with Crippen LogP contribution in [0, 0.1) is 11.8 Å². The van der Waals surface area contributed by atoms with E-state index in [9.17, 15) is 9.59 Å². The largest absolute Gasteiger partial charge is 0.323 e. The second kappa shape index (κ2) is 6.93. The number of carbonyl (C=O) groups is 2. The molecule has 130 valence electrons. The first kappa shape index (κ1) is 17.0. The topological polar surface area (TPSA) is 61.4 Å². The highest BCUT2D eigenvalue weighted by Crippen LogP contribution is 2.31. The number of rotatable bonds is 3. The highest BCUT2D eigenvalue weighted by Gasteiger charge is 2.33. The van der Waals surface area contributed by atoms with Gasteiger partial charge in [0.15, 0.2) is 0 Å². The fourth-order valence-electron chi connectivity index (χ4n) is 3.87. The third-order valence-electron chi connectivity index (χ3n) is 5.58. The number of fused-ring (bicyclic) bond motifs is 1. The maximum Gasteiger partial charge on any atom is 0.244 e. The van der Waals surface area contributed by atoms with Crippen LogP contribution in [-0.4, -0.2) is 30.4 Å². The molecule has 1 heterocycles. The van der Waals surface area contributed by atoms with Crippen LogP contribution in [-0.2, 0) is 9.59 Å². The number of nitrogens with one attached hydrogen (secondary N) is 2. The van der Waals surface area contributed by atoms with Crippen molar-refractivity contribution in [2.45, 2.75) is 52.1 Å². The molecule has 1 fully saturated rings. The average Bonchev–Trinajstić information content (AvgIpc) is 2.57. The second-order valence-electron chi connectivity index (χ2n) is 7.25. The number of benzene rings is 1. The van der Waals surface area contributed by atoms with Gasteiger partial charge in [0.05, 0.1) is 17.4 Å². The maximum absolute atomic E-state index is 13.0. The van der Waals surface area contributed by atoms with E-state index < -0.39 is 0 Å². The molecule has 1 aromatic carbocycles. The van der Waals surface area contributed by atoms with Crippen LogP contribution in [0.25, 0.3) is 0 Å². The maximum atomic E-state index is 13.0. The summed E-state index contributed by atoms with van der Waals surface area (Å²) in [6.45, 7) is 6.54. The lowest BCUT2D eigenvalue weighted by Crippen LogP contribution is -2.54. The normalized spacial score (nSPS) is 28.0. The van der Waals surface area contributed by atoms with Gasteiger partial charge in [0.2, 0.25) is 11.8 Å². The SMILES string of the molecule is C[C@@H]1[C@H](C)CCC[C@H]1N[C@@H](C)C(=O)N1CC(=O)Nc2ccccc21. The van der Waals surface area contributed by atoms with Crippen molar-refractivity contribution in [2.24, 2.45) is 11.8 Å². The smallest absolute Gasteiger partial charge is 0.244 e. The van der Waals surface area contributed by atoms with Gasteiger partial charge < -0.3 is 10.6 Å². The van der Waals surface area contributed by atoms with E-state index in [1.807, 2.05) is 31.2 Å². The summed E-state index contributed by atoms with van der Waals surface area (Å²) < 4.78 is 0. The molecule has 2 aliphatic rings. The van der Waals surface area contributed by atoms with Crippen molar-refractivity contribution in [2.75, 3.05) is 16.8 Å². The van der Waals surface area contributed by atoms with Gasteiger partial charge in [0.1, 0.15) is 6.54 Å². The van der Waals surface area contributed by atoms with E-state index in [4.69, 9.17) is 0 Å². The molecule has 0 aromatic heterocycles. The van der Waals surface area contributed by atoms with Gasteiger partial charge in [-0.1, -0.05) is 38.8 Å². The summed E-state index contributed by atoms with van der Waals surface area (Å²) >= 11 is 0. The molecule has 1 aliphatic heterocycles. The summed E-state index contributed by atoms with van der Waals surface area (Å²) in [6.07, 6.45) is 3.58. The molecular weight excluding hydrogens is 302 g/mol. The molecule has 0 unspecified atom stereocenters. The molecule has 5 nitrogen and oxygen atoms in total. The molecule has 4 atom stereocenters. The van der Waals surface area contributed by atoms with Crippen LogP contribution in [0.1, 0.15) is 40.0 Å². The lowest BCUT2D eigenvalue weighted by molar-refractivity contribution is -0.123. The first-order valence-electron chi connectivity index (χ1n) is 8.93. The van der Waals surface area contributed by atoms with Gasteiger partial charge in [-0.15, -0.1) is 0 Å². The van der Waals surface area contributed by atoms with Gasteiger partial charge in [-0.2, -0.15) is 0 Å². The molecule has 0 bridgehead atoms. The Labute approximate surface area is 143 Å². The quantitative estimate of drug-likeness (QED) is 0.896. The van der Waals surface area contributed by atoms with E-state index in [-0.39, 0.29) is 24.4 Å². The van der Waals surface area contributed by atoms with Crippen molar-refractivity contribution < 1.29 is 9.59 Å². The molecule has 2 amide bonds. The first-order valence-corrected chi connectivity index (χ1v) is 8.93. The van der Waals surface area contributed by atoms with Crippen LogP contribution in [0.3, 0.4) is 0 Å². The van der Waals surface area contributed by atoms with Crippen molar-refractivity contribution >= 4 is 23.2 Å². The van der Waals surface area contributed by atoms with Crippen LogP contribution >= 0.6 is 0 Å². The number of anilines is 2. The van der Waals surface area contributed by atoms with E-state index in [2.05, 4.69) is 24.5 Å². The number of carbonyl (C=O) groups excluding carboxylic acids is 2. The Kier molecular flexibility index (Phi) is 4.90. The minimum absolute atomic E-state index is 0.0391. The summed E-state index contributed by atoms with van der Waals surface area (Å²) in [7, 11) is 0. The van der Waals surface area contributed by atoms with Crippen LogP contribution in [0.5, 0.6) is 0 Å². The summed E-state index contributed by atoms with van der Waals surface area (Å²) in [5.41, 5.74) is 1.48. The molecule has 3 rings (SSSR count). The zero-order valence-corrected chi connectivity index (χ0v) is 14.7. The van der Waals surface area contributed by atoms with Crippen LogP contribution in [0.2, 0.25) is 0 Å². The molecule has 1 saturated carbocycles. The predicted octanol–water partition coefficient (Wildman–Crippen LogP) is 2.77. The molecule has 1 aromatic rings. The molecule has 5 heteroatoms. The summed E-state index contributed by atoms with van der Waals surface area (Å²) in [4.78, 5) is 26.5. The zero-order chi connectivity index (χ0) is 17.3. The molecule has 24 heavy (non-hydrogen) atoms. The number of nitrogens with zero attached hydrogens (tertiary/aromatic N) is 1. The van der Waals surface area contributed by atoms with E-state index in [1.54, 1.807) is 4.90 Å². The first-order chi connectivity index (χ1) is 11.5. The van der Waals surface area contributed by atoms with Crippen molar-refractivity contribution in [3.05, 3.63) is 24.3 Å². The minimum Gasteiger partial charge on any atom is -0.323 e. The average molecular weight is 329 g/mol. The Balaban J connectivity index is 1.73. The van der Waals surface area contributed by atoms with Gasteiger partial charge in [0, 0.05) is 6.04 Å². The van der Waals surface area contributed by atoms with Crippen molar-refractivity contribution in [3.8, 4) is 0 Å². The van der Waals surface area contributed by atoms with Crippen molar-refractivity contribution in [1.29, 1.82) is 0 Å². The molecule has 0 saturated heterocycles. The number of hydrogen-bond acceptors (Lipinski definition) is 3. The molecule has 1 aliphatic carbocycles. The Morgan fingerprint density at radius 1 is 1.29 bits per heavy atom. The van der Waals surface area contributed by atoms with Crippen LogP contribution < -0.4 is 15.5 Å². The second-order valence-corrected chi connectivity index (χ2v) is 7.25. The lowest BCUT2D eigenvalue weighted by Gasteiger charge is -2.37. The standard InChI is InChI=1S/C19H27N3O2/c1-12-7-6-9-15(13(12)2)20-14(3)19(24)22-11-18(23)21-16-8-4-5-10-17(16)22/h4-5,8,10,12-15,20H,6-7,9,11H2,1-3H3,(H,21,23)/t12-,13-,14+,15-/m1/s1. The Morgan fingerprint density at radius 2 is 2.04 bits per heavy atom. The van der Waals surface area contributed by atoms with Gasteiger partial charge in [-0.3, -0.25) is 14.5 Å². The Morgan fingerprint density at radius 3 is 2.83 bits per heavy atom. The van der Waals surface area contributed by atoms with Gasteiger partial charge in [0.25, 0.3) is 0 Å². The molecular formula is C19H27N3O2. The van der Waals surface area contributed by atoms with Gasteiger partial charge >= 0.3 is 0 Å². The molecule has 0 radical (unpaired) electrons. The lowest BCUT2D eigenvalue weighted by atomic mass is 9.78. The van der Waals surface area contributed by atoms with Crippen LogP contribution in [0.4, 0.5) is 11.4 Å². The predicted molar refractivity (Wildman–Crippen MR) is 96.0 cm³/mol. The van der Waals surface area contributed by atoms with E-state index in [1.165, 1.54) is 12.8 Å². The Bertz CT molecular complexity index is 631.